The van der Waals surface area contributed by atoms with E-state index >= 15 is 0 Å². The molecule has 7 heteroatoms. The van der Waals surface area contributed by atoms with E-state index in [0.29, 0.717) is 29.0 Å². The molecule has 3 rings (SSSR count). The summed E-state index contributed by atoms with van der Waals surface area (Å²) in [5.41, 5.74) is 0.862. The van der Waals surface area contributed by atoms with Crippen LogP contribution < -0.4 is 4.74 Å². The minimum Gasteiger partial charge on any atom is -0.492 e. The predicted octanol–water partition coefficient (Wildman–Crippen LogP) is 2.50. The molecule has 110 valence electrons. The van der Waals surface area contributed by atoms with E-state index < -0.39 is 5.97 Å². The van der Waals surface area contributed by atoms with Gasteiger partial charge in [0.25, 0.3) is 0 Å². The molecule has 2 aromatic rings. The Hall–Kier alpha value is -2.08. The number of methoxy groups -OCH3 is 1. The molecule has 0 radical (unpaired) electrons. The molecule has 0 N–H and O–H groups in total. The first-order valence-electron chi connectivity index (χ1n) is 6.61. The van der Waals surface area contributed by atoms with E-state index in [0.717, 1.165) is 0 Å². The average Bonchev–Trinajstić information content (AvgIpc) is 3.20. The van der Waals surface area contributed by atoms with Gasteiger partial charge in [0, 0.05) is 6.07 Å². The average molecular weight is 308 g/mol. The van der Waals surface area contributed by atoms with Gasteiger partial charge in [0.05, 0.1) is 30.6 Å². The second-order valence-corrected chi connectivity index (χ2v) is 5.32. The zero-order valence-electron chi connectivity index (χ0n) is 11.5. The van der Waals surface area contributed by atoms with Gasteiger partial charge in [-0.3, -0.25) is 0 Å². The predicted molar refractivity (Wildman–Crippen MR) is 75.9 cm³/mol. The van der Waals surface area contributed by atoms with Gasteiger partial charge >= 0.3 is 5.97 Å². The highest BCUT2D eigenvalue weighted by Crippen LogP contribution is 2.32. The lowest BCUT2D eigenvalue weighted by atomic mass is 10.3. The number of ether oxygens (including phenoxy) is 2. The van der Waals surface area contributed by atoms with Gasteiger partial charge in [-0.05, 0) is 30.9 Å². The molecule has 1 saturated carbocycles. The Balaban J connectivity index is 1.82. The zero-order valence-corrected chi connectivity index (χ0v) is 12.2. The Kier molecular flexibility index (Phi) is 3.79. The first-order valence-corrected chi connectivity index (χ1v) is 6.98. The summed E-state index contributed by atoms with van der Waals surface area (Å²) in [4.78, 5) is 11.4. The Morgan fingerprint density at radius 3 is 3.00 bits per heavy atom. The van der Waals surface area contributed by atoms with E-state index in [9.17, 15) is 4.79 Å². The molecule has 0 atom stereocenters. The molecule has 21 heavy (non-hydrogen) atoms. The quantitative estimate of drug-likeness (QED) is 0.794. The van der Waals surface area contributed by atoms with Crippen LogP contribution in [-0.4, -0.2) is 34.7 Å². The van der Waals surface area contributed by atoms with Crippen LogP contribution in [0.3, 0.4) is 0 Å². The third-order valence-electron chi connectivity index (χ3n) is 3.24. The normalized spacial score (nSPS) is 14.0. The van der Waals surface area contributed by atoms with Crippen molar-refractivity contribution in [2.75, 3.05) is 13.7 Å². The summed E-state index contributed by atoms with van der Waals surface area (Å²) in [6, 6.07) is 5.29. The maximum atomic E-state index is 11.4. The maximum Gasteiger partial charge on any atom is 0.360 e. The highest BCUT2D eigenvalue weighted by Gasteiger charge is 2.22. The highest BCUT2D eigenvalue weighted by atomic mass is 35.5. The van der Waals surface area contributed by atoms with E-state index in [1.54, 1.807) is 18.2 Å². The van der Waals surface area contributed by atoms with E-state index in [-0.39, 0.29) is 5.69 Å². The van der Waals surface area contributed by atoms with Crippen LogP contribution in [0.25, 0.3) is 5.69 Å². The van der Waals surface area contributed by atoms with Crippen molar-refractivity contribution >= 4 is 17.6 Å². The summed E-state index contributed by atoms with van der Waals surface area (Å²) in [5.74, 6) is 0.721. The summed E-state index contributed by atoms with van der Waals surface area (Å²) in [6.45, 7) is 0.675. The fourth-order valence-electron chi connectivity index (χ4n) is 1.83. The van der Waals surface area contributed by atoms with Crippen LogP contribution in [0, 0.1) is 5.92 Å². The molecule has 1 heterocycles. The van der Waals surface area contributed by atoms with Crippen molar-refractivity contribution in [3.63, 3.8) is 0 Å². The van der Waals surface area contributed by atoms with Crippen molar-refractivity contribution < 1.29 is 14.3 Å². The molecule has 0 saturated heterocycles. The number of carbonyl (C=O) groups excluding carboxylic acids is 1. The molecule has 1 aromatic heterocycles. The van der Waals surface area contributed by atoms with Crippen molar-refractivity contribution in [1.29, 1.82) is 0 Å². The van der Waals surface area contributed by atoms with Gasteiger partial charge in [-0.25, -0.2) is 9.48 Å². The monoisotopic (exact) mass is 307 g/mol. The summed E-state index contributed by atoms with van der Waals surface area (Å²) in [6.07, 6.45) is 3.92. The van der Waals surface area contributed by atoms with Crippen LogP contribution in [0.4, 0.5) is 0 Å². The van der Waals surface area contributed by atoms with E-state index in [2.05, 4.69) is 15.0 Å². The number of carbonyl (C=O) groups is 1. The van der Waals surface area contributed by atoms with Gasteiger partial charge in [0.2, 0.25) is 0 Å². The smallest absolute Gasteiger partial charge is 0.360 e. The zero-order chi connectivity index (χ0) is 14.8. The first-order chi connectivity index (χ1) is 10.2. The number of rotatable bonds is 5. The van der Waals surface area contributed by atoms with Crippen molar-refractivity contribution in [2.24, 2.45) is 5.92 Å². The van der Waals surface area contributed by atoms with Crippen LogP contribution >= 0.6 is 11.6 Å². The topological polar surface area (TPSA) is 66.2 Å². The van der Waals surface area contributed by atoms with E-state index in [1.165, 1.54) is 30.8 Å². The number of hydrogen-bond acceptors (Lipinski definition) is 5. The third kappa shape index (κ3) is 3.16. The van der Waals surface area contributed by atoms with Crippen LogP contribution in [0.15, 0.2) is 24.4 Å². The highest BCUT2D eigenvalue weighted by molar-refractivity contribution is 6.32. The minimum absolute atomic E-state index is 0.146. The number of benzene rings is 1. The fraction of sp³-hybridized carbons (Fsp3) is 0.357. The summed E-state index contributed by atoms with van der Waals surface area (Å²) in [5, 5.41) is 8.21. The fourth-order valence-corrected chi connectivity index (χ4v) is 2.00. The van der Waals surface area contributed by atoms with Gasteiger partial charge in [-0.15, -0.1) is 5.10 Å². The second-order valence-electron chi connectivity index (χ2n) is 4.91. The lowest BCUT2D eigenvalue weighted by Crippen LogP contribution is -2.02. The molecule has 0 spiro atoms. The van der Waals surface area contributed by atoms with Crippen molar-refractivity contribution in [3.05, 3.63) is 35.1 Å². The van der Waals surface area contributed by atoms with Crippen LogP contribution in [0.1, 0.15) is 23.3 Å². The first kappa shape index (κ1) is 13.9. The molecule has 0 aliphatic heterocycles. The van der Waals surface area contributed by atoms with Gasteiger partial charge < -0.3 is 9.47 Å². The third-order valence-corrected chi connectivity index (χ3v) is 3.55. The largest absolute Gasteiger partial charge is 0.492 e. The Bertz CT molecular complexity index is 667. The van der Waals surface area contributed by atoms with Crippen LogP contribution in [0.5, 0.6) is 5.75 Å². The summed E-state index contributed by atoms with van der Waals surface area (Å²) in [7, 11) is 1.30. The Morgan fingerprint density at radius 1 is 1.48 bits per heavy atom. The molecule has 1 aliphatic carbocycles. The SMILES string of the molecule is COC(=O)c1cn(-c2ccc(Cl)c(OCC3CC3)c2)nn1. The lowest BCUT2D eigenvalue weighted by molar-refractivity contribution is 0.0594. The molecular formula is C14H14ClN3O3. The van der Waals surface area contributed by atoms with E-state index in [4.69, 9.17) is 16.3 Å². The molecule has 1 aliphatic rings. The molecular weight excluding hydrogens is 294 g/mol. The summed E-state index contributed by atoms with van der Waals surface area (Å²) >= 11 is 6.12. The van der Waals surface area contributed by atoms with Crippen LogP contribution in [0.2, 0.25) is 5.02 Å². The molecule has 0 unspecified atom stereocenters. The summed E-state index contributed by atoms with van der Waals surface area (Å²) < 4.78 is 11.8. The number of hydrogen-bond donors (Lipinski definition) is 0. The van der Waals surface area contributed by atoms with Crippen molar-refractivity contribution in [3.8, 4) is 11.4 Å². The van der Waals surface area contributed by atoms with Gasteiger partial charge in [0.1, 0.15) is 5.75 Å². The maximum absolute atomic E-state index is 11.4. The van der Waals surface area contributed by atoms with Gasteiger partial charge in [0.15, 0.2) is 5.69 Å². The molecule has 0 bridgehead atoms. The molecule has 0 amide bonds. The van der Waals surface area contributed by atoms with Gasteiger partial charge in [-0.2, -0.15) is 0 Å². The number of esters is 1. The molecule has 1 fully saturated rings. The molecule has 6 nitrogen and oxygen atoms in total. The minimum atomic E-state index is -0.527. The van der Waals surface area contributed by atoms with Gasteiger partial charge in [-0.1, -0.05) is 16.8 Å². The van der Waals surface area contributed by atoms with Crippen molar-refractivity contribution in [1.82, 2.24) is 15.0 Å². The number of nitrogens with zero attached hydrogens (tertiary/aromatic N) is 3. The van der Waals surface area contributed by atoms with Crippen molar-refractivity contribution in [2.45, 2.75) is 12.8 Å². The lowest BCUT2D eigenvalue weighted by Gasteiger charge is -2.09. The van der Waals surface area contributed by atoms with Crippen LogP contribution in [-0.2, 0) is 4.74 Å². The number of aromatic nitrogens is 3. The number of halogens is 1. The molecule has 1 aromatic carbocycles. The Labute approximate surface area is 126 Å². The second kappa shape index (κ2) is 5.73. The standard InChI is InChI=1S/C14H14ClN3O3/c1-20-14(19)12-7-18(17-16-12)10-4-5-11(15)13(6-10)21-8-9-2-3-9/h4-7,9H,2-3,8H2,1H3. The van der Waals surface area contributed by atoms with E-state index in [1.807, 2.05) is 0 Å². The Morgan fingerprint density at radius 2 is 2.29 bits per heavy atom.